The minimum Gasteiger partial charge on any atom is -0.332 e. The van der Waals surface area contributed by atoms with Crippen molar-refractivity contribution in [3.8, 4) is 0 Å². The third kappa shape index (κ3) is 3.06. The van der Waals surface area contributed by atoms with Crippen molar-refractivity contribution < 1.29 is 4.79 Å². The normalized spacial score (nSPS) is 27.2. The summed E-state index contributed by atoms with van der Waals surface area (Å²) in [5.41, 5.74) is 0.0546. The highest BCUT2D eigenvalue weighted by Gasteiger charge is 2.44. The number of carbonyl (C=O) groups is 1. The van der Waals surface area contributed by atoms with Crippen LogP contribution in [-0.4, -0.2) is 40.9 Å². The standard InChI is InChI=1S/C17H24N2OS/c1-2-10-19-16(20)7-3-8-17(19)9-5-11-18(14-17)13-15-6-4-12-21-15/h2,4,6,12H,1,3,5,7-11,13-14H2/t17-/m1/s1. The summed E-state index contributed by atoms with van der Waals surface area (Å²) in [4.78, 5) is 18.4. The second kappa shape index (κ2) is 6.32. The van der Waals surface area contributed by atoms with Gasteiger partial charge in [0.2, 0.25) is 5.91 Å². The van der Waals surface area contributed by atoms with E-state index in [1.807, 2.05) is 17.4 Å². The molecule has 2 aliphatic heterocycles. The van der Waals surface area contributed by atoms with E-state index in [0.717, 1.165) is 38.9 Å². The lowest BCUT2D eigenvalue weighted by atomic mass is 9.79. The third-order valence-electron chi connectivity index (χ3n) is 4.81. The van der Waals surface area contributed by atoms with Crippen molar-refractivity contribution in [2.45, 2.75) is 44.2 Å². The van der Waals surface area contributed by atoms with Gasteiger partial charge in [0.25, 0.3) is 0 Å². The fourth-order valence-electron chi connectivity index (χ4n) is 3.92. The van der Waals surface area contributed by atoms with Crippen LogP contribution in [0.15, 0.2) is 30.2 Å². The van der Waals surface area contributed by atoms with Gasteiger partial charge in [-0.25, -0.2) is 0 Å². The molecule has 4 heteroatoms. The summed E-state index contributed by atoms with van der Waals surface area (Å²) in [5.74, 6) is 0.319. The number of hydrogen-bond donors (Lipinski definition) is 0. The van der Waals surface area contributed by atoms with Crippen LogP contribution in [0.3, 0.4) is 0 Å². The average Bonchev–Trinajstić information content (AvgIpc) is 2.96. The first-order chi connectivity index (χ1) is 10.2. The highest BCUT2D eigenvalue weighted by molar-refractivity contribution is 7.09. The number of piperidine rings is 2. The molecule has 1 atom stereocenters. The molecule has 1 aromatic heterocycles. The van der Waals surface area contributed by atoms with Crippen LogP contribution in [0.2, 0.25) is 0 Å². The maximum Gasteiger partial charge on any atom is 0.223 e. The molecule has 0 aliphatic carbocycles. The summed E-state index contributed by atoms with van der Waals surface area (Å²) in [7, 11) is 0. The SMILES string of the molecule is C=CCN1C(=O)CCC[C@]12CCCN(Cc1cccs1)C2. The summed E-state index contributed by atoms with van der Waals surface area (Å²) < 4.78 is 0. The molecule has 114 valence electrons. The summed E-state index contributed by atoms with van der Waals surface area (Å²) in [6.45, 7) is 7.73. The van der Waals surface area contributed by atoms with E-state index < -0.39 is 0 Å². The zero-order valence-corrected chi connectivity index (χ0v) is 13.4. The molecular weight excluding hydrogens is 280 g/mol. The van der Waals surface area contributed by atoms with Crippen molar-refractivity contribution in [2.75, 3.05) is 19.6 Å². The van der Waals surface area contributed by atoms with Gasteiger partial charge in [-0.1, -0.05) is 12.1 Å². The van der Waals surface area contributed by atoms with E-state index in [-0.39, 0.29) is 5.54 Å². The maximum absolute atomic E-state index is 12.3. The van der Waals surface area contributed by atoms with Gasteiger partial charge in [0, 0.05) is 30.9 Å². The molecule has 2 fully saturated rings. The van der Waals surface area contributed by atoms with Crippen molar-refractivity contribution in [3.05, 3.63) is 35.0 Å². The molecule has 2 saturated heterocycles. The Balaban J connectivity index is 1.75. The molecule has 1 amide bonds. The van der Waals surface area contributed by atoms with Gasteiger partial charge in [-0.15, -0.1) is 17.9 Å². The largest absolute Gasteiger partial charge is 0.332 e. The van der Waals surface area contributed by atoms with Crippen molar-refractivity contribution in [1.82, 2.24) is 9.80 Å². The van der Waals surface area contributed by atoms with E-state index in [1.54, 1.807) is 0 Å². The van der Waals surface area contributed by atoms with Crippen LogP contribution in [0.5, 0.6) is 0 Å². The highest BCUT2D eigenvalue weighted by Crippen LogP contribution is 2.37. The molecule has 1 spiro atoms. The van der Waals surface area contributed by atoms with Gasteiger partial charge in [-0.3, -0.25) is 9.69 Å². The topological polar surface area (TPSA) is 23.6 Å². The number of rotatable bonds is 4. The number of amides is 1. The predicted octanol–water partition coefficient (Wildman–Crippen LogP) is 3.28. The molecule has 3 nitrogen and oxygen atoms in total. The van der Waals surface area contributed by atoms with Crippen molar-refractivity contribution >= 4 is 17.2 Å². The molecule has 1 aromatic rings. The van der Waals surface area contributed by atoms with Gasteiger partial charge in [0.05, 0.1) is 5.54 Å². The van der Waals surface area contributed by atoms with E-state index in [0.29, 0.717) is 18.9 Å². The Kier molecular flexibility index (Phi) is 4.45. The molecule has 3 rings (SSSR count). The van der Waals surface area contributed by atoms with Crippen LogP contribution >= 0.6 is 11.3 Å². The first-order valence-corrected chi connectivity index (χ1v) is 8.78. The molecule has 0 aromatic carbocycles. The number of nitrogens with zero attached hydrogens (tertiary/aromatic N) is 2. The number of thiophene rings is 1. The van der Waals surface area contributed by atoms with Gasteiger partial charge in [0.1, 0.15) is 0 Å². The monoisotopic (exact) mass is 304 g/mol. The maximum atomic E-state index is 12.3. The third-order valence-corrected chi connectivity index (χ3v) is 5.67. The van der Waals surface area contributed by atoms with Gasteiger partial charge in [-0.05, 0) is 43.7 Å². The van der Waals surface area contributed by atoms with Crippen molar-refractivity contribution in [1.29, 1.82) is 0 Å². The van der Waals surface area contributed by atoms with Gasteiger partial charge >= 0.3 is 0 Å². The predicted molar refractivity (Wildman–Crippen MR) is 87.3 cm³/mol. The summed E-state index contributed by atoms with van der Waals surface area (Å²) in [6, 6.07) is 4.33. The Morgan fingerprint density at radius 3 is 3.00 bits per heavy atom. The first kappa shape index (κ1) is 14.8. The van der Waals surface area contributed by atoms with Crippen molar-refractivity contribution in [3.63, 3.8) is 0 Å². The minimum atomic E-state index is 0.0546. The van der Waals surface area contributed by atoms with E-state index >= 15 is 0 Å². The van der Waals surface area contributed by atoms with Gasteiger partial charge in [0.15, 0.2) is 0 Å². The first-order valence-electron chi connectivity index (χ1n) is 7.90. The Morgan fingerprint density at radius 2 is 2.24 bits per heavy atom. The second-order valence-electron chi connectivity index (χ2n) is 6.26. The second-order valence-corrected chi connectivity index (χ2v) is 7.30. The minimum absolute atomic E-state index is 0.0546. The summed E-state index contributed by atoms with van der Waals surface area (Å²) >= 11 is 1.82. The lowest BCUT2D eigenvalue weighted by Gasteiger charge is -2.52. The van der Waals surface area contributed by atoms with Gasteiger partial charge < -0.3 is 4.90 Å². The Morgan fingerprint density at radius 1 is 1.38 bits per heavy atom. The number of likely N-dealkylation sites (tertiary alicyclic amines) is 2. The average molecular weight is 304 g/mol. The van der Waals surface area contributed by atoms with E-state index in [9.17, 15) is 4.79 Å². The fourth-order valence-corrected chi connectivity index (χ4v) is 4.66. The quantitative estimate of drug-likeness (QED) is 0.797. The molecule has 3 heterocycles. The molecule has 0 saturated carbocycles. The van der Waals surface area contributed by atoms with Crippen LogP contribution in [-0.2, 0) is 11.3 Å². The lowest BCUT2D eigenvalue weighted by Crippen LogP contribution is -2.62. The molecule has 0 N–H and O–H groups in total. The van der Waals surface area contributed by atoms with E-state index in [1.165, 1.54) is 11.3 Å². The molecule has 2 aliphatic rings. The Labute approximate surface area is 131 Å². The van der Waals surface area contributed by atoms with Crippen LogP contribution in [0.4, 0.5) is 0 Å². The molecular formula is C17H24N2OS. The lowest BCUT2D eigenvalue weighted by molar-refractivity contribution is -0.144. The smallest absolute Gasteiger partial charge is 0.223 e. The van der Waals surface area contributed by atoms with Crippen LogP contribution in [0.25, 0.3) is 0 Å². The zero-order chi connectivity index (χ0) is 14.7. The Hall–Kier alpha value is -1.13. The molecule has 0 radical (unpaired) electrons. The van der Waals surface area contributed by atoms with Crippen molar-refractivity contribution in [2.24, 2.45) is 0 Å². The van der Waals surface area contributed by atoms with Crippen LogP contribution in [0, 0.1) is 0 Å². The van der Waals surface area contributed by atoms with Crippen LogP contribution < -0.4 is 0 Å². The summed E-state index contributed by atoms with van der Waals surface area (Å²) in [6.07, 6.45) is 7.11. The van der Waals surface area contributed by atoms with E-state index in [2.05, 4.69) is 33.9 Å². The number of carbonyl (C=O) groups excluding carboxylic acids is 1. The number of hydrogen-bond acceptors (Lipinski definition) is 3. The molecule has 0 bridgehead atoms. The van der Waals surface area contributed by atoms with Crippen LogP contribution in [0.1, 0.15) is 37.0 Å². The Bertz CT molecular complexity index is 495. The van der Waals surface area contributed by atoms with E-state index in [4.69, 9.17) is 0 Å². The highest BCUT2D eigenvalue weighted by atomic mass is 32.1. The summed E-state index contributed by atoms with van der Waals surface area (Å²) in [5, 5.41) is 2.14. The molecule has 21 heavy (non-hydrogen) atoms. The molecule has 0 unspecified atom stereocenters. The van der Waals surface area contributed by atoms with Gasteiger partial charge in [-0.2, -0.15) is 0 Å². The fraction of sp³-hybridized carbons (Fsp3) is 0.588. The zero-order valence-electron chi connectivity index (χ0n) is 12.6.